The number of amidine groups is 1. The number of hydrogen-bond donors (Lipinski definition) is 3. The Morgan fingerprint density at radius 2 is 1.57 bits per heavy atom. The van der Waals surface area contributed by atoms with Crippen LogP contribution in [0.25, 0.3) is 5.70 Å². The van der Waals surface area contributed by atoms with E-state index < -0.39 is 11.9 Å². The maximum atomic E-state index is 12.9. The normalized spacial score (nSPS) is 14.0. The van der Waals surface area contributed by atoms with Crippen LogP contribution < -0.4 is 10.8 Å². The van der Waals surface area contributed by atoms with Crippen molar-refractivity contribution in [2.24, 2.45) is 4.99 Å². The fourth-order valence-corrected chi connectivity index (χ4v) is 3.76. The number of carboxylic acids is 1. The summed E-state index contributed by atoms with van der Waals surface area (Å²) in [5, 5.41) is 11.4. The Balaban J connectivity index is 0.000000782. The first-order valence-electron chi connectivity index (χ1n) is 12.8. The summed E-state index contributed by atoms with van der Waals surface area (Å²) in [7, 11) is 1.47. The van der Waals surface area contributed by atoms with Gasteiger partial charge in [0.15, 0.2) is 0 Å². The van der Waals surface area contributed by atoms with E-state index in [1.165, 1.54) is 7.11 Å². The van der Waals surface area contributed by atoms with E-state index in [0.717, 1.165) is 16.9 Å². The standard InChI is InChI=1S/C26H30ClN5O3.C3H4F2O2/c1-4-5-24(20-6-10-22(27)11-7-20)30-19(2)29-23-12-8-21(9-13-23)26(34)32-16-14-31(15-17-32)25(33)18-28-35-3;1-3(4,5)2(6)7/h4-13,28H,1,14-18H2,2-3H3,(H,29,30);1H3,(H,6,7)/b24-5-;. The van der Waals surface area contributed by atoms with Crippen LogP contribution in [0.4, 0.5) is 14.5 Å². The van der Waals surface area contributed by atoms with Gasteiger partial charge in [-0.1, -0.05) is 36.4 Å². The summed E-state index contributed by atoms with van der Waals surface area (Å²) in [6, 6.07) is 14.7. The number of allylic oxidation sites excluding steroid dienone is 2. The number of nitrogens with zero attached hydrogens (tertiary/aromatic N) is 3. The molecule has 2 amide bonds. The molecule has 1 heterocycles. The average molecular weight is 606 g/mol. The van der Waals surface area contributed by atoms with Gasteiger partial charge in [0, 0.05) is 54.9 Å². The third-order valence-electron chi connectivity index (χ3n) is 5.82. The van der Waals surface area contributed by atoms with Crippen molar-refractivity contribution < 1.29 is 33.1 Å². The lowest BCUT2D eigenvalue weighted by Crippen LogP contribution is -2.52. The molecule has 0 unspecified atom stereocenters. The number of carbonyl (C=O) groups is 3. The number of rotatable bonds is 9. The third kappa shape index (κ3) is 11.0. The van der Waals surface area contributed by atoms with Crippen LogP contribution in [-0.2, 0) is 14.4 Å². The Kier molecular flexibility index (Phi) is 13.3. The molecule has 13 heteroatoms. The third-order valence-corrected chi connectivity index (χ3v) is 6.08. The highest BCUT2D eigenvalue weighted by atomic mass is 35.5. The van der Waals surface area contributed by atoms with Crippen molar-refractivity contribution in [1.82, 2.24) is 15.3 Å². The summed E-state index contributed by atoms with van der Waals surface area (Å²) in [6.07, 6.45) is 3.52. The maximum Gasteiger partial charge on any atom is 0.374 e. The molecule has 1 aliphatic rings. The molecule has 0 saturated carbocycles. The van der Waals surface area contributed by atoms with Gasteiger partial charge in [-0.25, -0.2) is 9.79 Å². The molecular formula is C29H34ClF2N5O5. The minimum Gasteiger partial charge on any atom is -0.477 e. The minimum atomic E-state index is -3.58. The zero-order valence-electron chi connectivity index (χ0n) is 23.6. The lowest BCUT2D eigenvalue weighted by atomic mass is 10.1. The first-order chi connectivity index (χ1) is 19.8. The molecule has 42 heavy (non-hydrogen) atoms. The van der Waals surface area contributed by atoms with E-state index in [1.54, 1.807) is 28.0 Å². The molecule has 0 spiro atoms. The zero-order chi connectivity index (χ0) is 31.3. The van der Waals surface area contributed by atoms with Crippen molar-refractivity contribution in [3.05, 3.63) is 83.4 Å². The second-order valence-electron chi connectivity index (χ2n) is 9.09. The fourth-order valence-electron chi connectivity index (χ4n) is 3.63. The number of benzene rings is 2. The molecule has 2 aromatic rings. The molecule has 10 nitrogen and oxygen atoms in total. The van der Waals surface area contributed by atoms with Crippen molar-refractivity contribution in [3.63, 3.8) is 0 Å². The molecule has 226 valence electrons. The largest absolute Gasteiger partial charge is 0.477 e. The summed E-state index contributed by atoms with van der Waals surface area (Å²) in [5.41, 5.74) is 5.64. The van der Waals surface area contributed by atoms with E-state index in [9.17, 15) is 23.2 Å². The van der Waals surface area contributed by atoms with Crippen LogP contribution in [0.15, 0.2) is 72.3 Å². The van der Waals surface area contributed by atoms with E-state index in [1.807, 2.05) is 49.4 Å². The number of alkyl halides is 2. The Morgan fingerprint density at radius 3 is 2.07 bits per heavy atom. The van der Waals surface area contributed by atoms with Gasteiger partial charge in [-0.05, 0) is 49.4 Å². The number of hydrogen-bond acceptors (Lipinski definition) is 6. The molecule has 0 atom stereocenters. The second-order valence-corrected chi connectivity index (χ2v) is 9.52. The number of amides is 2. The van der Waals surface area contributed by atoms with Crippen molar-refractivity contribution in [2.75, 3.05) is 45.2 Å². The van der Waals surface area contributed by atoms with Crippen molar-refractivity contribution in [3.8, 4) is 0 Å². The number of halogens is 3. The van der Waals surface area contributed by atoms with Gasteiger partial charge in [0.25, 0.3) is 5.91 Å². The van der Waals surface area contributed by atoms with Gasteiger partial charge < -0.3 is 25.1 Å². The van der Waals surface area contributed by atoms with Gasteiger partial charge in [-0.3, -0.25) is 9.59 Å². The summed E-state index contributed by atoms with van der Waals surface area (Å²) >= 11 is 5.99. The lowest BCUT2D eigenvalue weighted by Gasteiger charge is -2.34. The molecule has 3 rings (SSSR count). The highest BCUT2D eigenvalue weighted by molar-refractivity contribution is 6.30. The molecule has 0 bridgehead atoms. The van der Waals surface area contributed by atoms with Crippen LogP contribution >= 0.6 is 11.6 Å². The highest BCUT2D eigenvalue weighted by Crippen LogP contribution is 2.20. The number of hydroxylamine groups is 1. The average Bonchev–Trinajstić information content (AvgIpc) is 2.96. The van der Waals surface area contributed by atoms with E-state index in [2.05, 4.69) is 22.4 Å². The summed E-state index contributed by atoms with van der Waals surface area (Å²) < 4.78 is 22.5. The van der Waals surface area contributed by atoms with Crippen LogP contribution in [0.2, 0.25) is 5.02 Å². The van der Waals surface area contributed by atoms with Gasteiger partial charge in [0.2, 0.25) is 5.91 Å². The van der Waals surface area contributed by atoms with E-state index in [-0.39, 0.29) is 18.4 Å². The topological polar surface area (TPSA) is 124 Å². The van der Waals surface area contributed by atoms with Crippen LogP contribution in [0.3, 0.4) is 0 Å². The van der Waals surface area contributed by atoms with Gasteiger partial charge in [0.05, 0.1) is 12.8 Å². The van der Waals surface area contributed by atoms with Crippen molar-refractivity contribution in [1.29, 1.82) is 0 Å². The Hall–Kier alpha value is -4.13. The summed E-state index contributed by atoms with van der Waals surface area (Å²) in [4.78, 5) is 47.1. The number of aliphatic imine (C=N–C) groups is 1. The molecule has 0 radical (unpaired) electrons. The fraction of sp³-hybridized carbons (Fsp3) is 0.310. The monoisotopic (exact) mass is 605 g/mol. The quantitative estimate of drug-likeness (QED) is 0.166. The van der Waals surface area contributed by atoms with Gasteiger partial charge in [-0.2, -0.15) is 14.3 Å². The van der Waals surface area contributed by atoms with Crippen LogP contribution in [-0.4, -0.2) is 84.3 Å². The maximum absolute atomic E-state index is 12.9. The van der Waals surface area contributed by atoms with Crippen molar-refractivity contribution >= 4 is 46.6 Å². The van der Waals surface area contributed by atoms with E-state index in [0.29, 0.717) is 49.5 Å². The van der Waals surface area contributed by atoms with E-state index in [4.69, 9.17) is 21.5 Å². The molecule has 1 fully saturated rings. The second kappa shape index (κ2) is 16.3. The molecular weight excluding hydrogens is 572 g/mol. The minimum absolute atomic E-state index is 0.0476. The van der Waals surface area contributed by atoms with E-state index >= 15 is 0 Å². The SMILES string of the molecule is C=C/C=C(\N=C(C)Nc1ccc(C(=O)N2CCN(C(=O)CNOC)CC2)cc1)c1ccc(Cl)cc1.CC(F)(F)C(=O)O. The Morgan fingerprint density at radius 1 is 1.05 bits per heavy atom. The lowest BCUT2D eigenvalue weighted by molar-refractivity contribution is -0.161. The van der Waals surface area contributed by atoms with Gasteiger partial charge >= 0.3 is 11.9 Å². The molecule has 3 N–H and O–H groups in total. The zero-order valence-corrected chi connectivity index (χ0v) is 24.3. The van der Waals surface area contributed by atoms with Gasteiger partial charge in [-0.15, -0.1) is 0 Å². The number of carbonyl (C=O) groups excluding carboxylic acids is 2. The van der Waals surface area contributed by atoms with Crippen LogP contribution in [0, 0.1) is 0 Å². The number of nitrogens with one attached hydrogen (secondary N) is 2. The van der Waals surface area contributed by atoms with Crippen LogP contribution in [0.1, 0.15) is 29.8 Å². The molecule has 0 aromatic heterocycles. The summed E-state index contributed by atoms with van der Waals surface area (Å²) in [5.74, 6) is -5.08. The van der Waals surface area contributed by atoms with Gasteiger partial charge in [0.1, 0.15) is 12.4 Å². The number of piperazine rings is 1. The molecule has 1 aliphatic heterocycles. The first-order valence-corrected chi connectivity index (χ1v) is 13.2. The number of aliphatic carboxylic acids is 1. The predicted molar refractivity (Wildman–Crippen MR) is 159 cm³/mol. The predicted octanol–water partition coefficient (Wildman–Crippen LogP) is 4.56. The smallest absolute Gasteiger partial charge is 0.374 e. The summed E-state index contributed by atoms with van der Waals surface area (Å²) in [6.45, 7) is 8.07. The Bertz CT molecular complexity index is 1290. The molecule has 1 saturated heterocycles. The van der Waals surface area contributed by atoms with Crippen LogP contribution in [0.5, 0.6) is 0 Å². The highest BCUT2D eigenvalue weighted by Gasteiger charge is 2.31. The molecule has 0 aliphatic carbocycles. The van der Waals surface area contributed by atoms with Crippen molar-refractivity contribution in [2.45, 2.75) is 19.8 Å². The number of anilines is 1. The molecule has 2 aromatic carbocycles. The first kappa shape index (κ1) is 34.1. The Labute approximate surface area is 248 Å². The number of carboxylic acid groups (broad SMARTS) is 1.